The van der Waals surface area contributed by atoms with Crippen molar-refractivity contribution in [3.05, 3.63) is 100.0 Å². The first kappa shape index (κ1) is 22.0. The molecule has 1 amide bonds. The van der Waals surface area contributed by atoms with E-state index in [0.29, 0.717) is 39.9 Å². The molecule has 172 valence electrons. The van der Waals surface area contributed by atoms with Gasteiger partial charge in [0.05, 0.1) is 12.6 Å². The number of nitrogens with one attached hydrogen (secondary N) is 1. The summed E-state index contributed by atoms with van der Waals surface area (Å²) in [6, 6.07) is 17.8. The van der Waals surface area contributed by atoms with E-state index in [1.807, 2.05) is 31.2 Å². The molecule has 1 aliphatic heterocycles. The highest BCUT2D eigenvalue weighted by Gasteiger charge is 2.42. The Labute approximate surface area is 200 Å². The van der Waals surface area contributed by atoms with Gasteiger partial charge in [-0.2, -0.15) is 5.10 Å². The SMILES string of the molecule is CCOc1cccc(C2c3c(-c4cc(Cl)ccc4O)n[nH]c3C(=O)N2Cc2ccc(F)cc2)c1. The van der Waals surface area contributed by atoms with E-state index in [1.165, 1.54) is 18.2 Å². The summed E-state index contributed by atoms with van der Waals surface area (Å²) in [7, 11) is 0. The van der Waals surface area contributed by atoms with Crippen molar-refractivity contribution in [1.29, 1.82) is 0 Å². The maximum Gasteiger partial charge on any atom is 0.273 e. The first-order valence-electron chi connectivity index (χ1n) is 10.8. The number of benzene rings is 3. The summed E-state index contributed by atoms with van der Waals surface area (Å²) in [4.78, 5) is 15.2. The number of amides is 1. The van der Waals surface area contributed by atoms with E-state index in [-0.39, 0.29) is 24.0 Å². The van der Waals surface area contributed by atoms with E-state index in [4.69, 9.17) is 16.3 Å². The minimum Gasteiger partial charge on any atom is -0.507 e. The molecule has 8 heteroatoms. The molecule has 1 aromatic heterocycles. The quantitative estimate of drug-likeness (QED) is 0.372. The standard InChI is InChI=1S/C26H21ClFN3O3/c1-2-34-19-5-3-4-16(12-19)25-22-23(20-13-17(27)8-11-21(20)32)29-30-24(22)26(33)31(25)14-15-6-9-18(28)10-7-15/h3-13,25,32H,2,14H2,1H3,(H,29,30). The maximum absolute atomic E-state index is 13.5. The van der Waals surface area contributed by atoms with Gasteiger partial charge in [0.1, 0.15) is 28.7 Å². The molecule has 0 radical (unpaired) electrons. The lowest BCUT2D eigenvalue weighted by Gasteiger charge is -2.27. The fraction of sp³-hybridized carbons (Fsp3) is 0.154. The minimum absolute atomic E-state index is 0.00458. The van der Waals surface area contributed by atoms with E-state index in [1.54, 1.807) is 29.2 Å². The number of aromatic nitrogens is 2. The Hall–Kier alpha value is -3.84. The third kappa shape index (κ3) is 3.88. The lowest BCUT2D eigenvalue weighted by Crippen LogP contribution is -2.29. The lowest BCUT2D eigenvalue weighted by molar-refractivity contribution is 0.0730. The van der Waals surface area contributed by atoms with Crippen LogP contribution >= 0.6 is 11.6 Å². The Morgan fingerprint density at radius 3 is 2.71 bits per heavy atom. The second kappa shape index (κ2) is 8.83. The normalized spacial score (nSPS) is 15.0. The molecule has 0 saturated heterocycles. The van der Waals surface area contributed by atoms with Gasteiger partial charge < -0.3 is 14.7 Å². The number of H-pyrrole nitrogens is 1. The van der Waals surface area contributed by atoms with Crippen molar-refractivity contribution in [3.8, 4) is 22.8 Å². The minimum atomic E-state index is -0.514. The number of ether oxygens (including phenoxy) is 1. The summed E-state index contributed by atoms with van der Waals surface area (Å²) in [5, 5.41) is 18.2. The number of fused-ring (bicyclic) bond motifs is 1. The van der Waals surface area contributed by atoms with E-state index in [9.17, 15) is 14.3 Å². The van der Waals surface area contributed by atoms with Crippen LogP contribution in [0.2, 0.25) is 5.02 Å². The molecule has 2 N–H and O–H groups in total. The van der Waals surface area contributed by atoms with Gasteiger partial charge in [0.15, 0.2) is 0 Å². The fourth-order valence-electron chi connectivity index (χ4n) is 4.34. The third-order valence-corrected chi connectivity index (χ3v) is 6.06. The smallest absolute Gasteiger partial charge is 0.273 e. The Bertz CT molecular complexity index is 1370. The van der Waals surface area contributed by atoms with Crippen molar-refractivity contribution in [2.45, 2.75) is 19.5 Å². The van der Waals surface area contributed by atoms with Crippen LogP contribution in [0.3, 0.4) is 0 Å². The van der Waals surface area contributed by atoms with E-state index in [0.717, 1.165) is 11.1 Å². The number of phenolic OH excluding ortho intramolecular Hbond substituents is 1. The highest BCUT2D eigenvalue weighted by molar-refractivity contribution is 6.31. The van der Waals surface area contributed by atoms with Crippen LogP contribution in [-0.2, 0) is 6.54 Å². The highest BCUT2D eigenvalue weighted by Crippen LogP contribution is 2.46. The zero-order valence-electron chi connectivity index (χ0n) is 18.3. The number of nitrogens with zero attached hydrogens (tertiary/aromatic N) is 2. The second-order valence-corrected chi connectivity index (χ2v) is 8.43. The molecule has 1 atom stereocenters. The number of aromatic hydroxyl groups is 1. The average Bonchev–Trinajstić information content (AvgIpc) is 3.36. The van der Waals surface area contributed by atoms with Crippen LogP contribution < -0.4 is 4.74 Å². The Morgan fingerprint density at radius 2 is 1.94 bits per heavy atom. The molecule has 34 heavy (non-hydrogen) atoms. The molecule has 0 aliphatic carbocycles. The zero-order chi connectivity index (χ0) is 23.8. The molecule has 3 aromatic carbocycles. The zero-order valence-corrected chi connectivity index (χ0v) is 19.0. The van der Waals surface area contributed by atoms with Crippen molar-refractivity contribution in [2.24, 2.45) is 0 Å². The largest absolute Gasteiger partial charge is 0.507 e. The summed E-state index contributed by atoms with van der Waals surface area (Å²) in [5.41, 5.74) is 3.45. The number of hydrogen-bond donors (Lipinski definition) is 2. The lowest BCUT2D eigenvalue weighted by atomic mass is 9.95. The predicted molar refractivity (Wildman–Crippen MR) is 126 cm³/mol. The third-order valence-electron chi connectivity index (χ3n) is 5.83. The van der Waals surface area contributed by atoms with Crippen molar-refractivity contribution < 1.29 is 19.0 Å². The fourth-order valence-corrected chi connectivity index (χ4v) is 4.51. The van der Waals surface area contributed by atoms with Crippen molar-refractivity contribution in [1.82, 2.24) is 15.1 Å². The molecular weight excluding hydrogens is 457 g/mol. The average molecular weight is 478 g/mol. The molecule has 4 aromatic rings. The molecular formula is C26H21ClFN3O3. The van der Waals surface area contributed by atoms with E-state index in [2.05, 4.69) is 10.2 Å². The second-order valence-electron chi connectivity index (χ2n) is 7.99. The van der Waals surface area contributed by atoms with Gasteiger partial charge in [-0.15, -0.1) is 0 Å². The molecule has 0 fully saturated rings. The van der Waals surface area contributed by atoms with Crippen molar-refractivity contribution in [2.75, 3.05) is 6.61 Å². The Morgan fingerprint density at radius 1 is 1.15 bits per heavy atom. The number of hydrogen-bond acceptors (Lipinski definition) is 4. The maximum atomic E-state index is 13.5. The van der Waals surface area contributed by atoms with Gasteiger partial charge in [-0.25, -0.2) is 4.39 Å². The van der Waals surface area contributed by atoms with Crippen LogP contribution in [0.25, 0.3) is 11.3 Å². The van der Waals surface area contributed by atoms with Gasteiger partial charge in [-0.05, 0) is 60.5 Å². The molecule has 0 saturated carbocycles. The number of phenols is 1. The van der Waals surface area contributed by atoms with Crippen LogP contribution in [0.15, 0.2) is 66.7 Å². The molecule has 1 aliphatic rings. The summed E-state index contributed by atoms with van der Waals surface area (Å²) < 4.78 is 19.2. The topological polar surface area (TPSA) is 78.5 Å². The van der Waals surface area contributed by atoms with Crippen molar-refractivity contribution in [3.63, 3.8) is 0 Å². The monoisotopic (exact) mass is 477 g/mol. The van der Waals surface area contributed by atoms with E-state index >= 15 is 0 Å². The first-order valence-corrected chi connectivity index (χ1v) is 11.2. The van der Waals surface area contributed by atoms with Gasteiger partial charge in [0.2, 0.25) is 0 Å². The molecule has 2 heterocycles. The van der Waals surface area contributed by atoms with Gasteiger partial charge >= 0.3 is 0 Å². The van der Waals surface area contributed by atoms with Gasteiger partial charge in [-0.1, -0.05) is 35.9 Å². The summed E-state index contributed by atoms with van der Waals surface area (Å²) in [6.45, 7) is 2.66. The predicted octanol–water partition coefficient (Wildman–Crippen LogP) is 5.72. The van der Waals surface area contributed by atoms with Crippen molar-refractivity contribution >= 4 is 17.5 Å². The molecule has 0 bridgehead atoms. The van der Waals surface area contributed by atoms with Crippen LogP contribution in [0.5, 0.6) is 11.5 Å². The summed E-state index contributed by atoms with van der Waals surface area (Å²) in [5.74, 6) is 0.0974. The Kier molecular flexibility index (Phi) is 5.71. The molecule has 5 rings (SSSR count). The molecule has 1 unspecified atom stereocenters. The van der Waals surface area contributed by atoms with Gasteiger partial charge in [0, 0.05) is 22.7 Å². The molecule has 0 spiro atoms. The van der Waals surface area contributed by atoms with Crippen LogP contribution in [0, 0.1) is 5.82 Å². The summed E-state index contributed by atoms with van der Waals surface area (Å²) in [6.07, 6.45) is 0. The van der Waals surface area contributed by atoms with E-state index < -0.39 is 6.04 Å². The van der Waals surface area contributed by atoms with Crippen LogP contribution in [0.1, 0.15) is 40.1 Å². The van der Waals surface area contributed by atoms with Gasteiger partial charge in [-0.3, -0.25) is 9.89 Å². The van der Waals surface area contributed by atoms with Gasteiger partial charge in [0.25, 0.3) is 5.91 Å². The number of rotatable bonds is 6. The van der Waals surface area contributed by atoms with Crippen LogP contribution in [0.4, 0.5) is 4.39 Å². The number of aromatic amines is 1. The molecule has 6 nitrogen and oxygen atoms in total. The highest BCUT2D eigenvalue weighted by atomic mass is 35.5. The van der Waals surface area contributed by atoms with Crippen LogP contribution in [-0.4, -0.2) is 32.7 Å². The first-order chi connectivity index (χ1) is 16.5. The number of carbonyl (C=O) groups excluding carboxylic acids is 1. The number of halogens is 2. The number of carbonyl (C=O) groups is 1. The Balaban J connectivity index is 1.66. The summed E-state index contributed by atoms with van der Waals surface area (Å²) >= 11 is 6.20.